The highest BCUT2D eigenvalue weighted by Gasteiger charge is 2.36. The van der Waals surface area contributed by atoms with E-state index in [4.69, 9.17) is 9.47 Å². The van der Waals surface area contributed by atoms with Crippen LogP contribution in [-0.4, -0.2) is 54.7 Å². The van der Waals surface area contributed by atoms with Crippen molar-refractivity contribution in [2.75, 3.05) is 25.0 Å². The van der Waals surface area contributed by atoms with Crippen molar-refractivity contribution in [3.05, 3.63) is 41.1 Å². The number of hydrogen-bond donors (Lipinski definition) is 3. The number of carbonyl (C=O) groups is 4. The number of amides is 4. The summed E-state index contributed by atoms with van der Waals surface area (Å²) in [4.78, 5) is 50.4. The first-order valence-electron chi connectivity index (χ1n) is 11.0. The molecule has 0 aliphatic carbocycles. The quantitative estimate of drug-likeness (QED) is 0.486. The molecule has 0 fully saturated rings. The van der Waals surface area contributed by atoms with Crippen molar-refractivity contribution in [2.45, 2.75) is 53.2 Å². The van der Waals surface area contributed by atoms with Crippen molar-refractivity contribution in [3.8, 4) is 0 Å². The molecule has 2 rings (SSSR count). The third-order valence-electron chi connectivity index (χ3n) is 4.81. The normalized spacial score (nSPS) is 15.8. The Bertz CT molecular complexity index is 910. The number of nitrogens with zero attached hydrogens (tertiary/aromatic N) is 1. The maximum atomic E-state index is 12.9. The van der Waals surface area contributed by atoms with Crippen molar-refractivity contribution in [2.24, 2.45) is 0 Å². The van der Waals surface area contributed by atoms with Crippen LogP contribution in [0.1, 0.15) is 52.6 Å². The molecule has 0 radical (unpaired) electrons. The van der Waals surface area contributed by atoms with Crippen LogP contribution in [0.4, 0.5) is 15.3 Å². The first kappa shape index (κ1) is 25.7. The van der Waals surface area contributed by atoms with Crippen molar-refractivity contribution < 1.29 is 28.7 Å². The van der Waals surface area contributed by atoms with Gasteiger partial charge in [-0.2, -0.15) is 0 Å². The molecule has 1 atom stereocenters. The van der Waals surface area contributed by atoms with E-state index in [-0.39, 0.29) is 25.3 Å². The van der Waals surface area contributed by atoms with E-state index in [2.05, 4.69) is 16.0 Å². The van der Waals surface area contributed by atoms with Gasteiger partial charge >= 0.3 is 24.0 Å². The number of allylic oxidation sites excluding steroid dienone is 1. The number of esters is 2. The molecule has 10 nitrogen and oxygen atoms in total. The number of benzene rings is 1. The van der Waals surface area contributed by atoms with Gasteiger partial charge in [-0.3, -0.25) is 9.69 Å². The zero-order valence-electron chi connectivity index (χ0n) is 19.7. The number of rotatable bonds is 9. The molecule has 180 valence electrons. The van der Waals surface area contributed by atoms with E-state index in [1.54, 1.807) is 52.0 Å². The third-order valence-corrected chi connectivity index (χ3v) is 4.81. The smallest absolute Gasteiger partial charge is 0.338 e. The number of nitrogens with one attached hydrogen (secondary N) is 3. The lowest BCUT2D eigenvalue weighted by atomic mass is 9.94. The van der Waals surface area contributed by atoms with Crippen LogP contribution in [0, 0.1) is 0 Å². The highest BCUT2D eigenvalue weighted by Crippen LogP contribution is 2.32. The molecule has 0 spiro atoms. The fourth-order valence-electron chi connectivity index (χ4n) is 3.36. The maximum absolute atomic E-state index is 12.9. The second kappa shape index (κ2) is 11.9. The highest BCUT2D eigenvalue weighted by molar-refractivity contribution is 5.95. The summed E-state index contributed by atoms with van der Waals surface area (Å²) in [5, 5.41) is 7.90. The van der Waals surface area contributed by atoms with Gasteiger partial charge in [0.1, 0.15) is 6.54 Å². The standard InChI is InChI=1S/C23H32N4O6/c1-6-12-27-15(5)19(21(29)33-14(3)4)20(26-23(27)31)16-8-10-17(11-9-16)25-22(30)24-13-18(28)32-7-2/h8-11,14,20H,6-7,12-13H2,1-5H3,(H,26,31)(H2,24,25,30). The number of carbonyl (C=O) groups excluding carboxylic acids is 4. The Morgan fingerprint density at radius 1 is 1.15 bits per heavy atom. The van der Waals surface area contributed by atoms with Gasteiger partial charge in [0.25, 0.3) is 0 Å². The Balaban J connectivity index is 2.21. The molecule has 0 bridgehead atoms. The summed E-state index contributed by atoms with van der Waals surface area (Å²) in [6.45, 7) is 9.37. The minimum absolute atomic E-state index is 0.234. The van der Waals surface area contributed by atoms with Crippen LogP contribution in [0.25, 0.3) is 0 Å². The largest absolute Gasteiger partial charge is 0.465 e. The Labute approximate surface area is 193 Å². The summed E-state index contributed by atoms with van der Waals surface area (Å²) in [6, 6.07) is 5.16. The van der Waals surface area contributed by atoms with E-state index in [1.165, 1.54) is 4.90 Å². The molecule has 0 aromatic heterocycles. The first-order chi connectivity index (χ1) is 15.7. The average Bonchev–Trinajstić information content (AvgIpc) is 2.75. The summed E-state index contributed by atoms with van der Waals surface area (Å²) in [6.07, 6.45) is 0.427. The Morgan fingerprint density at radius 3 is 2.39 bits per heavy atom. The van der Waals surface area contributed by atoms with Gasteiger partial charge in [0, 0.05) is 17.9 Å². The van der Waals surface area contributed by atoms with E-state index in [9.17, 15) is 19.2 Å². The minimum atomic E-state index is -0.691. The lowest BCUT2D eigenvalue weighted by molar-refractivity contribution is -0.143. The van der Waals surface area contributed by atoms with Crippen LogP contribution in [0.3, 0.4) is 0 Å². The summed E-state index contributed by atoms with van der Waals surface area (Å²) >= 11 is 0. The Kier molecular flexibility index (Phi) is 9.26. The lowest BCUT2D eigenvalue weighted by Gasteiger charge is -2.35. The topological polar surface area (TPSA) is 126 Å². The molecule has 1 aliphatic heterocycles. The maximum Gasteiger partial charge on any atom is 0.338 e. The number of hydrogen-bond acceptors (Lipinski definition) is 6. The van der Waals surface area contributed by atoms with Crippen LogP contribution in [-0.2, 0) is 19.1 Å². The van der Waals surface area contributed by atoms with Gasteiger partial charge in [-0.05, 0) is 51.8 Å². The number of ether oxygens (including phenoxy) is 2. The summed E-state index contributed by atoms with van der Waals surface area (Å²) < 4.78 is 10.2. The molecule has 4 amide bonds. The third kappa shape index (κ3) is 6.96. The highest BCUT2D eigenvalue weighted by atomic mass is 16.5. The fourth-order valence-corrected chi connectivity index (χ4v) is 3.36. The summed E-state index contributed by atoms with van der Waals surface area (Å²) in [7, 11) is 0. The van der Waals surface area contributed by atoms with Gasteiger partial charge in [-0.25, -0.2) is 14.4 Å². The van der Waals surface area contributed by atoms with Crippen molar-refractivity contribution in [1.29, 1.82) is 0 Å². The van der Waals surface area contributed by atoms with Crippen LogP contribution >= 0.6 is 0 Å². The van der Waals surface area contributed by atoms with Gasteiger partial charge in [-0.15, -0.1) is 0 Å². The summed E-state index contributed by atoms with van der Waals surface area (Å²) in [5.74, 6) is -1.02. The Hall–Kier alpha value is -3.56. The van der Waals surface area contributed by atoms with Gasteiger partial charge in [-0.1, -0.05) is 19.1 Å². The molecule has 0 saturated heterocycles. The lowest BCUT2D eigenvalue weighted by Crippen LogP contribution is -2.48. The van der Waals surface area contributed by atoms with E-state index in [1.807, 2.05) is 6.92 Å². The minimum Gasteiger partial charge on any atom is -0.465 e. The predicted molar refractivity (Wildman–Crippen MR) is 122 cm³/mol. The molecule has 33 heavy (non-hydrogen) atoms. The summed E-state index contributed by atoms with van der Waals surface area (Å²) in [5.41, 5.74) is 2.05. The average molecular weight is 461 g/mol. The van der Waals surface area contributed by atoms with Gasteiger partial charge in [0.15, 0.2) is 0 Å². The second-order valence-corrected chi connectivity index (χ2v) is 7.72. The fraction of sp³-hybridized carbons (Fsp3) is 0.478. The molecule has 1 aliphatic rings. The van der Waals surface area contributed by atoms with Crippen LogP contribution in [0.15, 0.2) is 35.5 Å². The van der Waals surface area contributed by atoms with Gasteiger partial charge < -0.3 is 25.4 Å². The van der Waals surface area contributed by atoms with Crippen molar-refractivity contribution in [3.63, 3.8) is 0 Å². The monoisotopic (exact) mass is 460 g/mol. The SMILES string of the molecule is CCCN1C(=O)NC(c2ccc(NC(=O)NCC(=O)OCC)cc2)C(C(=O)OC(C)C)=C1C. The number of urea groups is 2. The van der Waals surface area contributed by atoms with E-state index in [0.29, 0.717) is 29.1 Å². The van der Waals surface area contributed by atoms with Gasteiger partial charge in [0.2, 0.25) is 0 Å². The molecule has 1 unspecified atom stereocenters. The first-order valence-corrected chi connectivity index (χ1v) is 11.0. The molecule has 0 saturated carbocycles. The van der Waals surface area contributed by atoms with Crippen LogP contribution in [0.5, 0.6) is 0 Å². The molecule has 3 N–H and O–H groups in total. The molecule has 1 aromatic carbocycles. The van der Waals surface area contributed by atoms with Gasteiger partial charge in [0.05, 0.1) is 24.3 Å². The molecule has 1 heterocycles. The molecule has 10 heteroatoms. The zero-order chi connectivity index (χ0) is 24.5. The number of anilines is 1. The second-order valence-electron chi connectivity index (χ2n) is 7.72. The van der Waals surface area contributed by atoms with Crippen molar-refractivity contribution >= 4 is 29.7 Å². The Morgan fingerprint density at radius 2 is 1.82 bits per heavy atom. The van der Waals surface area contributed by atoms with Crippen molar-refractivity contribution in [1.82, 2.24) is 15.5 Å². The van der Waals surface area contributed by atoms with Crippen LogP contribution in [0.2, 0.25) is 0 Å². The molecular weight excluding hydrogens is 428 g/mol. The van der Waals surface area contributed by atoms with Crippen LogP contribution < -0.4 is 16.0 Å². The predicted octanol–water partition coefficient (Wildman–Crippen LogP) is 3.07. The van der Waals surface area contributed by atoms with E-state index in [0.717, 1.165) is 6.42 Å². The van der Waals surface area contributed by atoms with E-state index >= 15 is 0 Å². The zero-order valence-corrected chi connectivity index (χ0v) is 19.7. The van der Waals surface area contributed by atoms with E-state index < -0.39 is 24.0 Å². The molecular formula is C23H32N4O6. The molecule has 1 aromatic rings.